The fraction of sp³-hybridized carbons (Fsp3) is 0.316. The Hall–Kier alpha value is -2.25. The van der Waals surface area contributed by atoms with Crippen molar-refractivity contribution in [2.75, 3.05) is 11.1 Å². The molecule has 0 unspecified atom stereocenters. The Morgan fingerprint density at radius 2 is 2.19 bits per heavy atom. The number of benzene rings is 1. The number of hydrogen-bond donors (Lipinski definition) is 1. The van der Waals surface area contributed by atoms with Gasteiger partial charge in [-0.05, 0) is 43.2 Å². The van der Waals surface area contributed by atoms with Crippen LogP contribution in [0.15, 0.2) is 52.2 Å². The fourth-order valence-electron chi connectivity index (χ4n) is 2.78. The quantitative estimate of drug-likeness (QED) is 0.558. The van der Waals surface area contributed by atoms with Crippen molar-refractivity contribution in [2.24, 2.45) is 0 Å². The molecule has 8 heteroatoms. The van der Waals surface area contributed by atoms with E-state index in [1.54, 1.807) is 18.4 Å². The molecule has 1 saturated carbocycles. The zero-order valence-electron chi connectivity index (χ0n) is 14.6. The maximum atomic E-state index is 12.2. The van der Waals surface area contributed by atoms with Crippen LogP contribution in [0.1, 0.15) is 36.8 Å². The van der Waals surface area contributed by atoms with E-state index in [0.717, 1.165) is 29.6 Å². The van der Waals surface area contributed by atoms with Gasteiger partial charge in [0.1, 0.15) is 11.6 Å². The third kappa shape index (κ3) is 4.73. The molecular weight excluding hydrogens is 384 g/mol. The Bertz CT molecular complexity index is 922. The lowest BCUT2D eigenvalue weighted by molar-refractivity contribution is -0.115. The van der Waals surface area contributed by atoms with Crippen molar-refractivity contribution in [3.05, 3.63) is 59.3 Å². The molecule has 1 amide bonds. The van der Waals surface area contributed by atoms with Gasteiger partial charge in [0, 0.05) is 28.8 Å². The molecule has 0 bridgehead atoms. The highest BCUT2D eigenvalue weighted by atomic mass is 35.5. The van der Waals surface area contributed by atoms with E-state index < -0.39 is 0 Å². The number of carbonyl (C=O) groups excluding carboxylic acids is 1. The highest BCUT2D eigenvalue weighted by Crippen LogP contribution is 2.40. The van der Waals surface area contributed by atoms with Crippen molar-refractivity contribution < 1.29 is 9.21 Å². The average Bonchev–Trinajstić information content (AvgIpc) is 3.21. The molecule has 2 aromatic heterocycles. The zero-order valence-corrected chi connectivity index (χ0v) is 16.2. The highest BCUT2D eigenvalue weighted by molar-refractivity contribution is 7.99. The van der Waals surface area contributed by atoms with Crippen LogP contribution in [0.25, 0.3) is 0 Å². The van der Waals surface area contributed by atoms with Crippen LogP contribution in [0.2, 0.25) is 5.02 Å². The molecular formula is C19H19ClN4O2S. The molecule has 0 radical (unpaired) electrons. The van der Waals surface area contributed by atoms with Crippen LogP contribution in [0.3, 0.4) is 0 Å². The van der Waals surface area contributed by atoms with E-state index in [4.69, 9.17) is 16.0 Å². The average molecular weight is 403 g/mol. The molecule has 4 rings (SSSR count). The fourth-order valence-corrected chi connectivity index (χ4v) is 3.85. The third-order valence-electron chi connectivity index (χ3n) is 4.25. The van der Waals surface area contributed by atoms with Crippen molar-refractivity contribution in [1.82, 2.24) is 14.8 Å². The summed E-state index contributed by atoms with van der Waals surface area (Å²) in [6.07, 6.45) is 4.36. The molecule has 27 heavy (non-hydrogen) atoms. The van der Waals surface area contributed by atoms with E-state index in [0.29, 0.717) is 35.3 Å². The summed E-state index contributed by atoms with van der Waals surface area (Å²) < 4.78 is 7.58. The van der Waals surface area contributed by atoms with Crippen molar-refractivity contribution in [3.8, 4) is 0 Å². The van der Waals surface area contributed by atoms with Gasteiger partial charge in [-0.1, -0.05) is 29.4 Å². The van der Waals surface area contributed by atoms with E-state index in [1.807, 2.05) is 24.3 Å². The number of carbonyl (C=O) groups is 1. The number of halogens is 1. The summed E-state index contributed by atoms with van der Waals surface area (Å²) in [4.78, 5) is 12.2. The van der Waals surface area contributed by atoms with Gasteiger partial charge in [0.25, 0.3) is 0 Å². The molecule has 1 N–H and O–H groups in total. The van der Waals surface area contributed by atoms with E-state index in [2.05, 4.69) is 20.1 Å². The largest absolute Gasteiger partial charge is 0.467 e. The van der Waals surface area contributed by atoms with Gasteiger partial charge in [0.05, 0.1) is 12.8 Å². The van der Waals surface area contributed by atoms with Gasteiger partial charge in [-0.25, -0.2) is 0 Å². The summed E-state index contributed by atoms with van der Waals surface area (Å²) in [6.45, 7) is 0.614. The van der Waals surface area contributed by atoms with Crippen molar-refractivity contribution in [3.63, 3.8) is 0 Å². The second-order valence-corrected chi connectivity index (χ2v) is 7.94. The van der Waals surface area contributed by atoms with Gasteiger partial charge < -0.3 is 9.73 Å². The zero-order chi connectivity index (χ0) is 18.6. The predicted molar refractivity (Wildman–Crippen MR) is 105 cm³/mol. The molecule has 1 fully saturated rings. The molecule has 0 aliphatic heterocycles. The van der Waals surface area contributed by atoms with Crippen molar-refractivity contribution in [1.29, 1.82) is 0 Å². The van der Waals surface area contributed by atoms with Gasteiger partial charge in [-0.3, -0.25) is 9.36 Å². The van der Waals surface area contributed by atoms with E-state index in [9.17, 15) is 4.79 Å². The van der Waals surface area contributed by atoms with Crippen LogP contribution in [0.5, 0.6) is 0 Å². The molecule has 0 atom stereocenters. The summed E-state index contributed by atoms with van der Waals surface area (Å²) in [6, 6.07) is 11.0. The lowest BCUT2D eigenvalue weighted by atomic mass is 10.3. The number of thioether (sulfide) groups is 1. The number of rotatable bonds is 8. The first kappa shape index (κ1) is 18.1. The first-order valence-corrected chi connectivity index (χ1v) is 10.2. The molecule has 0 spiro atoms. The van der Waals surface area contributed by atoms with Crippen molar-refractivity contribution in [2.45, 2.75) is 36.9 Å². The lowest BCUT2D eigenvalue weighted by Crippen LogP contribution is -2.12. The first-order valence-electron chi connectivity index (χ1n) is 8.83. The first-order chi connectivity index (χ1) is 13.2. The minimum Gasteiger partial charge on any atom is -0.467 e. The molecule has 3 aromatic rings. The number of hydrogen-bond acceptors (Lipinski definition) is 5. The SMILES string of the molecule is O=C(CCSc1nnc(C2CC2)n1Cc1ccco1)Nc1cccc(Cl)c1. The van der Waals surface area contributed by atoms with Crippen LogP contribution in [0.4, 0.5) is 5.69 Å². The number of nitrogens with zero attached hydrogens (tertiary/aromatic N) is 3. The summed E-state index contributed by atoms with van der Waals surface area (Å²) >= 11 is 7.48. The van der Waals surface area contributed by atoms with Crippen LogP contribution < -0.4 is 5.32 Å². The highest BCUT2D eigenvalue weighted by Gasteiger charge is 2.30. The van der Waals surface area contributed by atoms with Crippen LogP contribution in [0, 0.1) is 0 Å². The van der Waals surface area contributed by atoms with E-state index >= 15 is 0 Å². The number of nitrogens with one attached hydrogen (secondary N) is 1. The number of anilines is 1. The van der Waals surface area contributed by atoms with Gasteiger partial charge >= 0.3 is 0 Å². The smallest absolute Gasteiger partial charge is 0.225 e. The summed E-state index contributed by atoms with van der Waals surface area (Å²) in [5.41, 5.74) is 0.703. The molecule has 1 aliphatic rings. The Kier molecular flexibility index (Phi) is 5.50. The number of aromatic nitrogens is 3. The van der Waals surface area contributed by atoms with Gasteiger partial charge in [-0.15, -0.1) is 10.2 Å². The van der Waals surface area contributed by atoms with Gasteiger partial charge in [-0.2, -0.15) is 0 Å². The number of furan rings is 1. The molecule has 1 aliphatic carbocycles. The van der Waals surface area contributed by atoms with Crippen LogP contribution >= 0.6 is 23.4 Å². The summed E-state index contributed by atoms with van der Waals surface area (Å²) in [5.74, 6) is 2.94. The van der Waals surface area contributed by atoms with Gasteiger partial charge in [0.2, 0.25) is 5.91 Å². The molecule has 140 valence electrons. The summed E-state index contributed by atoms with van der Waals surface area (Å²) in [7, 11) is 0. The second kappa shape index (κ2) is 8.19. The maximum absolute atomic E-state index is 12.2. The van der Waals surface area contributed by atoms with Crippen LogP contribution in [-0.4, -0.2) is 26.4 Å². The minimum atomic E-state index is -0.0516. The normalized spacial score (nSPS) is 13.7. The predicted octanol–water partition coefficient (Wildman–Crippen LogP) is 4.57. The Morgan fingerprint density at radius 3 is 2.93 bits per heavy atom. The topological polar surface area (TPSA) is 73.0 Å². The Labute approximate surface area is 166 Å². The molecule has 1 aromatic carbocycles. The number of amides is 1. The minimum absolute atomic E-state index is 0.0516. The standard InChI is InChI=1S/C19H19ClN4O2S/c20-14-3-1-4-15(11-14)21-17(25)8-10-27-19-23-22-18(13-6-7-13)24(19)12-16-5-2-9-26-16/h1-5,9,11,13H,6-8,10,12H2,(H,21,25). The van der Waals surface area contributed by atoms with E-state index in [1.165, 1.54) is 11.8 Å². The van der Waals surface area contributed by atoms with Crippen molar-refractivity contribution >= 4 is 35.0 Å². The molecule has 0 saturated heterocycles. The van der Waals surface area contributed by atoms with Crippen LogP contribution in [-0.2, 0) is 11.3 Å². The lowest BCUT2D eigenvalue weighted by Gasteiger charge is -2.08. The monoisotopic (exact) mass is 402 g/mol. The van der Waals surface area contributed by atoms with Gasteiger partial charge in [0.15, 0.2) is 5.16 Å². The summed E-state index contributed by atoms with van der Waals surface area (Å²) in [5, 5.41) is 13.0. The second-order valence-electron chi connectivity index (χ2n) is 6.44. The Balaban J connectivity index is 1.36. The third-order valence-corrected chi connectivity index (χ3v) is 5.45. The van der Waals surface area contributed by atoms with E-state index in [-0.39, 0.29) is 5.91 Å². The maximum Gasteiger partial charge on any atom is 0.225 e. The molecule has 6 nitrogen and oxygen atoms in total. The molecule has 2 heterocycles. The Morgan fingerprint density at radius 1 is 1.30 bits per heavy atom.